The molecule has 9 heteroatoms. The van der Waals surface area contributed by atoms with Crippen molar-refractivity contribution in [2.24, 2.45) is 0 Å². The van der Waals surface area contributed by atoms with Gasteiger partial charge in [-0.2, -0.15) is 0 Å². The van der Waals surface area contributed by atoms with Crippen molar-refractivity contribution in [1.29, 1.82) is 0 Å². The number of anilines is 1. The molecule has 176 valence electrons. The molecule has 1 amide bonds. The van der Waals surface area contributed by atoms with Crippen LogP contribution in [0.4, 0.5) is 11.4 Å². The maximum Gasteiger partial charge on any atom is 0.306 e. The van der Waals surface area contributed by atoms with Gasteiger partial charge in [-0.3, -0.25) is 24.5 Å². The van der Waals surface area contributed by atoms with Crippen LogP contribution in [-0.4, -0.2) is 36.3 Å². The maximum absolute atomic E-state index is 12.3. The predicted molar refractivity (Wildman–Crippen MR) is 122 cm³/mol. The molecule has 0 fully saturated rings. The van der Waals surface area contributed by atoms with Gasteiger partial charge in [-0.25, -0.2) is 0 Å². The third kappa shape index (κ3) is 8.36. The lowest BCUT2D eigenvalue weighted by molar-refractivity contribution is -0.384. The highest BCUT2D eigenvalue weighted by Crippen LogP contribution is 2.28. The molecule has 0 aliphatic carbocycles. The van der Waals surface area contributed by atoms with E-state index >= 15 is 0 Å². The van der Waals surface area contributed by atoms with Crippen LogP contribution in [0.2, 0.25) is 0 Å². The molecule has 0 heterocycles. The Kier molecular flexibility index (Phi) is 10.0. The first kappa shape index (κ1) is 25.5. The normalized spacial score (nSPS) is 10.4. The number of rotatable bonds is 13. The van der Waals surface area contributed by atoms with E-state index in [0.29, 0.717) is 5.56 Å². The number of non-ortho nitro benzene ring substituents is 1. The largest absolute Gasteiger partial charge is 0.494 e. The highest BCUT2D eigenvalue weighted by Gasteiger charge is 2.15. The number of nitrogens with zero attached hydrogens (tertiary/aromatic N) is 1. The fourth-order valence-corrected chi connectivity index (χ4v) is 3.10. The van der Waals surface area contributed by atoms with Crippen molar-refractivity contribution in [2.75, 3.05) is 19.0 Å². The van der Waals surface area contributed by atoms with E-state index in [1.165, 1.54) is 37.3 Å². The number of aryl methyl sites for hydroxylation is 1. The minimum Gasteiger partial charge on any atom is -0.494 e. The lowest BCUT2D eigenvalue weighted by atomic mass is 10.0. The average Bonchev–Trinajstić information content (AvgIpc) is 2.81. The summed E-state index contributed by atoms with van der Waals surface area (Å²) < 4.78 is 9.96. The van der Waals surface area contributed by atoms with Gasteiger partial charge in [0, 0.05) is 18.1 Å². The maximum atomic E-state index is 12.3. The summed E-state index contributed by atoms with van der Waals surface area (Å²) in [4.78, 5) is 46.5. The molecule has 1 N–H and O–H groups in total. The minimum atomic E-state index is -0.676. The highest BCUT2D eigenvalue weighted by molar-refractivity contribution is 5.98. The van der Waals surface area contributed by atoms with Crippen LogP contribution in [0.15, 0.2) is 42.5 Å². The van der Waals surface area contributed by atoms with E-state index in [2.05, 4.69) is 12.2 Å². The van der Waals surface area contributed by atoms with Crippen molar-refractivity contribution in [3.8, 4) is 5.75 Å². The van der Waals surface area contributed by atoms with E-state index in [-0.39, 0.29) is 35.7 Å². The lowest BCUT2D eigenvalue weighted by Gasteiger charge is -2.10. The number of nitro groups is 1. The summed E-state index contributed by atoms with van der Waals surface area (Å²) in [6, 6.07) is 11.1. The number of carbonyl (C=O) groups is 3. The molecular weight excluding hydrogens is 428 g/mol. The van der Waals surface area contributed by atoms with Crippen molar-refractivity contribution in [3.05, 3.63) is 63.7 Å². The zero-order chi connectivity index (χ0) is 24.2. The second-order valence-electron chi connectivity index (χ2n) is 7.43. The smallest absolute Gasteiger partial charge is 0.306 e. The monoisotopic (exact) mass is 456 g/mol. The Morgan fingerprint density at radius 2 is 1.76 bits per heavy atom. The van der Waals surface area contributed by atoms with E-state index in [1.54, 1.807) is 12.1 Å². The standard InChI is InChI=1S/C24H28N2O7/c1-3-4-5-6-17-7-9-18(10-8-17)21(27)13-14-24(29)33-16-23(28)25-20-12-11-19(26(30)31)15-22(20)32-2/h7-12,15H,3-6,13-14,16H2,1-2H3,(H,25,28). The molecule has 2 rings (SSSR count). The second-order valence-corrected chi connectivity index (χ2v) is 7.43. The number of nitro benzene ring substituents is 1. The van der Waals surface area contributed by atoms with Gasteiger partial charge in [-0.05, 0) is 24.5 Å². The molecular formula is C24H28N2O7. The number of carbonyl (C=O) groups excluding carboxylic acids is 3. The van der Waals surface area contributed by atoms with E-state index in [4.69, 9.17) is 9.47 Å². The van der Waals surface area contributed by atoms with Crippen molar-refractivity contribution in [3.63, 3.8) is 0 Å². The van der Waals surface area contributed by atoms with Crippen LogP contribution in [0, 0.1) is 10.1 Å². The average molecular weight is 456 g/mol. The molecule has 0 aliphatic rings. The Morgan fingerprint density at radius 3 is 2.39 bits per heavy atom. The third-order valence-corrected chi connectivity index (χ3v) is 4.94. The van der Waals surface area contributed by atoms with Gasteiger partial charge < -0.3 is 14.8 Å². The van der Waals surface area contributed by atoms with E-state index in [9.17, 15) is 24.5 Å². The Labute approximate surface area is 192 Å². The molecule has 0 atom stereocenters. The van der Waals surface area contributed by atoms with E-state index < -0.39 is 23.4 Å². The molecule has 0 radical (unpaired) electrons. The first-order chi connectivity index (χ1) is 15.8. The number of hydrogen-bond donors (Lipinski definition) is 1. The fourth-order valence-electron chi connectivity index (χ4n) is 3.10. The molecule has 0 unspecified atom stereocenters. The highest BCUT2D eigenvalue weighted by atomic mass is 16.6. The van der Waals surface area contributed by atoms with Gasteiger partial charge >= 0.3 is 5.97 Å². The summed E-state index contributed by atoms with van der Waals surface area (Å²) in [5.74, 6) is -1.39. The number of benzene rings is 2. The van der Waals surface area contributed by atoms with E-state index in [1.807, 2.05) is 12.1 Å². The molecule has 33 heavy (non-hydrogen) atoms. The molecule has 0 bridgehead atoms. The summed E-state index contributed by atoms with van der Waals surface area (Å²) >= 11 is 0. The Morgan fingerprint density at radius 1 is 1.03 bits per heavy atom. The summed E-state index contributed by atoms with van der Waals surface area (Å²) in [7, 11) is 1.31. The Hall–Kier alpha value is -3.75. The van der Waals surface area contributed by atoms with Crippen LogP contribution in [0.1, 0.15) is 54.9 Å². The van der Waals surface area contributed by atoms with Crippen molar-refractivity contribution < 1.29 is 28.8 Å². The number of Topliss-reactive ketones (excluding diaryl/α,β-unsaturated/α-hetero) is 1. The van der Waals surface area contributed by atoms with Gasteiger partial charge in [0.2, 0.25) is 0 Å². The number of amides is 1. The number of ether oxygens (including phenoxy) is 2. The number of esters is 1. The van der Waals surface area contributed by atoms with Gasteiger partial charge in [0.1, 0.15) is 5.75 Å². The quantitative estimate of drug-likeness (QED) is 0.155. The first-order valence-electron chi connectivity index (χ1n) is 10.7. The van der Waals surface area contributed by atoms with Crippen LogP contribution < -0.4 is 10.1 Å². The summed E-state index contributed by atoms with van der Waals surface area (Å²) in [6.07, 6.45) is 4.24. The van der Waals surface area contributed by atoms with Crippen LogP contribution in [0.25, 0.3) is 0 Å². The minimum absolute atomic E-state index is 0.0220. The first-order valence-corrected chi connectivity index (χ1v) is 10.7. The second kappa shape index (κ2) is 12.9. The molecule has 2 aromatic carbocycles. The Balaban J connectivity index is 1.77. The number of methoxy groups -OCH3 is 1. The molecule has 0 saturated carbocycles. The molecule has 0 aromatic heterocycles. The van der Waals surface area contributed by atoms with E-state index in [0.717, 1.165) is 19.3 Å². The lowest BCUT2D eigenvalue weighted by Crippen LogP contribution is -2.21. The van der Waals surface area contributed by atoms with Crippen LogP contribution in [-0.2, 0) is 20.7 Å². The number of hydrogen-bond acceptors (Lipinski definition) is 7. The van der Waals surface area contributed by atoms with Gasteiger partial charge in [-0.15, -0.1) is 0 Å². The number of unbranched alkanes of at least 4 members (excludes halogenated alkanes) is 2. The van der Waals surface area contributed by atoms with Crippen LogP contribution in [0.5, 0.6) is 5.75 Å². The molecule has 0 saturated heterocycles. The molecule has 2 aromatic rings. The summed E-state index contributed by atoms with van der Waals surface area (Å²) in [5.41, 5.74) is 1.73. The third-order valence-electron chi connectivity index (χ3n) is 4.94. The summed E-state index contributed by atoms with van der Waals surface area (Å²) in [5, 5.41) is 13.3. The predicted octanol–water partition coefficient (Wildman–Crippen LogP) is 4.48. The van der Waals surface area contributed by atoms with Gasteiger partial charge in [0.05, 0.1) is 30.2 Å². The number of ketones is 1. The summed E-state index contributed by atoms with van der Waals surface area (Å²) in [6.45, 7) is 1.59. The Bertz CT molecular complexity index is 987. The van der Waals surface area contributed by atoms with Crippen molar-refractivity contribution >= 4 is 29.0 Å². The van der Waals surface area contributed by atoms with Gasteiger partial charge in [0.15, 0.2) is 12.4 Å². The molecule has 0 spiro atoms. The van der Waals surface area contributed by atoms with Gasteiger partial charge in [-0.1, -0.05) is 44.0 Å². The van der Waals surface area contributed by atoms with Crippen molar-refractivity contribution in [1.82, 2.24) is 0 Å². The molecule has 9 nitrogen and oxygen atoms in total. The van der Waals surface area contributed by atoms with Crippen LogP contribution in [0.3, 0.4) is 0 Å². The van der Waals surface area contributed by atoms with Crippen LogP contribution >= 0.6 is 0 Å². The fraction of sp³-hybridized carbons (Fsp3) is 0.375. The van der Waals surface area contributed by atoms with Gasteiger partial charge in [0.25, 0.3) is 11.6 Å². The zero-order valence-corrected chi connectivity index (χ0v) is 18.8. The van der Waals surface area contributed by atoms with Crippen molar-refractivity contribution in [2.45, 2.75) is 45.4 Å². The molecule has 0 aliphatic heterocycles. The SMILES string of the molecule is CCCCCc1ccc(C(=O)CCC(=O)OCC(=O)Nc2ccc([N+](=O)[O-])cc2OC)cc1. The topological polar surface area (TPSA) is 125 Å². The zero-order valence-electron chi connectivity index (χ0n) is 18.8. The number of nitrogens with one attached hydrogen (secondary N) is 1.